The number of rotatable bonds is 6. The van der Waals surface area contributed by atoms with Crippen molar-refractivity contribution in [1.29, 1.82) is 0 Å². The van der Waals surface area contributed by atoms with E-state index in [1.54, 1.807) is 0 Å². The van der Waals surface area contributed by atoms with Crippen molar-refractivity contribution >= 4 is 17.5 Å². The quantitative estimate of drug-likeness (QED) is 0.486. The molecule has 14 heteroatoms. The summed E-state index contributed by atoms with van der Waals surface area (Å²) in [5, 5.41) is 3.73. The molecule has 0 aliphatic heterocycles. The van der Waals surface area contributed by atoms with Gasteiger partial charge in [-0.1, -0.05) is 0 Å². The Kier molecular flexibility index (Phi) is 7.26. The number of benzene rings is 2. The topological polar surface area (TPSA) is 67.4 Å². The summed E-state index contributed by atoms with van der Waals surface area (Å²) in [5.41, 5.74) is -4.05. The van der Waals surface area contributed by atoms with Gasteiger partial charge in [-0.3, -0.25) is 9.59 Å². The Morgan fingerprint density at radius 2 is 1.38 bits per heavy atom. The van der Waals surface area contributed by atoms with Crippen LogP contribution in [0.4, 0.5) is 45.2 Å². The number of hydrogen-bond donors (Lipinski definition) is 2. The number of carbonyl (C=O) groups is 2. The van der Waals surface area contributed by atoms with Gasteiger partial charge in [0, 0.05) is 0 Å². The number of carbonyl (C=O) groups excluding carboxylic acids is 2. The zero-order chi connectivity index (χ0) is 24.3. The molecule has 2 amide bonds. The fraction of sp³-hybridized carbons (Fsp3) is 0.222. The second kappa shape index (κ2) is 9.36. The molecule has 2 rings (SSSR count). The van der Waals surface area contributed by atoms with Crippen molar-refractivity contribution < 1.29 is 53.8 Å². The Balaban J connectivity index is 1.97. The Labute approximate surface area is 173 Å². The molecule has 0 heterocycles. The lowest BCUT2D eigenvalue weighted by atomic mass is 10.1. The van der Waals surface area contributed by atoms with Gasteiger partial charge in [-0.15, -0.1) is 0 Å². The molecule has 5 nitrogen and oxygen atoms in total. The minimum atomic E-state index is -5.12. The monoisotopic (exact) mass is 474 g/mol. The third-order valence-corrected chi connectivity index (χ3v) is 3.69. The summed E-state index contributed by atoms with van der Waals surface area (Å²) in [4.78, 5) is 23.3. The Morgan fingerprint density at radius 3 is 1.91 bits per heavy atom. The van der Waals surface area contributed by atoms with Gasteiger partial charge in [-0.05, 0) is 30.3 Å². The fourth-order valence-electron chi connectivity index (χ4n) is 2.21. The maximum Gasteiger partial charge on any atom is 0.416 e. The first-order valence-electron chi connectivity index (χ1n) is 8.31. The van der Waals surface area contributed by atoms with Crippen molar-refractivity contribution in [3.05, 3.63) is 58.9 Å². The molecule has 0 saturated heterocycles. The second-order valence-electron chi connectivity index (χ2n) is 6.08. The molecule has 0 unspecified atom stereocenters. The molecule has 0 saturated carbocycles. The predicted molar refractivity (Wildman–Crippen MR) is 89.9 cm³/mol. The van der Waals surface area contributed by atoms with Crippen LogP contribution < -0.4 is 15.4 Å². The van der Waals surface area contributed by atoms with Gasteiger partial charge in [0.15, 0.2) is 24.1 Å². The third kappa shape index (κ3) is 6.52. The molecule has 0 atom stereocenters. The SMILES string of the molecule is O=C(COc1cc(C(F)(F)F)cc(C(F)(F)F)c1)NCC(=O)Nc1ccc(F)c(F)c1F. The highest BCUT2D eigenvalue weighted by Gasteiger charge is 2.37. The average molecular weight is 474 g/mol. The molecule has 2 aromatic rings. The van der Waals surface area contributed by atoms with Crippen LogP contribution in [0.15, 0.2) is 30.3 Å². The lowest BCUT2D eigenvalue weighted by molar-refractivity contribution is -0.143. The average Bonchev–Trinajstić information content (AvgIpc) is 2.69. The highest BCUT2D eigenvalue weighted by Crippen LogP contribution is 2.38. The maximum absolute atomic E-state index is 13.5. The second-order valence-corrected chi connectivity index (χ2v) is 6.08. The summed E-state index contributed by atoms with van der Waals surface area (Å²) in [7, 11) is 0. The van der Waals surface area contributed by atoms with E-state index >= 15 is 0 Å². The summed E-state index contributed by atoms with van der Waals surface area (Å²) >= 11 is 0. The maximum atomic E-state index is 13.5. The van der Waals surface area contributed by atoms with Gasteiger partial charge in [-0.25, -0.2) is 13.2 Å². The summed E-state index contributed by atoms with van der Waals surface area (Å²) in [6, 6.07) is 1.62. The van der Waals surface area contributed by atoms with E-state index in [1.807, 2.05) is 10.6 Å². The van der Waals surface area contributed by atoms with E-state index in [1.165, 1.54) is 0 Å². The molecule has 0 spiro atoms. The number of anilines is 1. The van der Waals surface area contributed by atoms with Crippen molar-refractivity contribution in [3.63, 3.8) is 0 Å². The van der Waals surface area contributed by atoms with Crippen molar-refractivity contribution in [2.24, 2.45) is 0 Å². The van der Waals surface area contributed by atoms with Gasteiger partial charge >= 0.3 is 12.4 Å². The van der Waals surface area contributed by atoms with Gasteiger partial charge < -0.3 is 15.4 Å². The van der Waals surface area contributed by atoms with Crippen LogP contribution in [-0.2, 0) is 21.9 Å². The van der Waals surface area contributed by atoms with Gasteiger partial charge in [0.25, 0.3) is 5.91 Å². The Hall–Kier alpha value is -3.45. The molecular weight excluding hydrogens is 463 g/mol. The minimum absolute atomic E-state index is 0.130. The third-order valence-electron chi connectivity index (χ3n) is 3.69. The van der Waals surface area contributed by atoms with Gasteiger partial charge in [0.1, 0.15) is 5.75 Å². The molecule has 0 aliphatic carbocycles. The molecule has 174 valence electrons. The molecule has 0 bridgehead atoms. The van der Waals surface area contributed by atoms with Crippen LogP contribution in [0, 0.1) is 17.5 Å². The lowest BCUT2D eigenvalue weighted by Crippen LogP contribution is -2.36. The number of amides is 2. The van der Waals surface area contributed by atoms with E-state index in [0.29, 0.717) is 12.1 Å². The number of ether oxygens (including phenoxy) is 1. The summed E-state index contributed by atoms with van der Waals surface area (Å²) in [6.45, 7) is -1.91. The number of hydrogen-bond acceptors (Lipinski definition) is 3. The van der Waals surface area contributed by atoms with E-state index in [4.69, 9.17) is 0 Å². The summed E-state index contributed by atoms with van der Waals surface area (Å²) < 4.78 is 121. The molecule has 0 fully saturated rings. The molecule has 2 N–H and O–H groups in total. The van der Waals surface area contributed by atoms with Crippen LogP contribution >= 0.6 is 0 Å². The van der Waals surface area contributed by atoms with Crippen LogP contribution in [0.2, 0.25) is 0 Å². The normalized spacial score (nSPS) is 11.8. The van der Waals surface area contributed by atoms with E-state index in [0.717, 1.165) is 0 Å². The first-order valence-corrected chi connectivity index (χ1v) is 8.31. The molecule has 2 aromatic carbocycles. The largest absolute Gasteiger partial charge is 0.484 e. The van der Waals surface area contributed by atoms with Gasteiger partial charge in [0.05, 0.1) is 23.4 Å². The van der Waals surface area contributed by atoms with E-state index in [-0.39, 0.29) is 18.2 Å². The number of alkyl halides is 6. The van der Waals surface area contributed by atoms with Crippen molar-refractivity contribution in [2.45, 2.75) is 12.4 Å². The molecule has 32 heavy (non-hydrogen) atoms. The number of halogens is 9. The standard InChI is InChI=1S/C18H11F9N2O3/c19-11-1-2-12(16(21)15(11)20)29-13(30)6-28-14(31)7-32-10-4-8(17(22,23)24)3-9(5-10)18(25,26)27/h1-5H,6-7H2,(H,28,31)(H,29,30). The lowest BCUT2D eigenvalue weighted by Gasteiger charge is -2.14. The van der Waals surface area contributed by atoms with Gasteiger partial charge in [-0.2, -0.15) is 26.3 Å². The smallest absolute Gasteiger partial charge is 0.416 e. The number of nitrogens with one attached hydrogen (secondary N) is 2. The van der Waals surface area contributed by atoms with Crippen molar-refractivity contribution in [2.75, 3.05) is 18.5 Å². The predicted octanol–water partition coefficient (Wildman–Crippen LogP) is 4.28. The molecule has 0 aromatic heterocycles. The van der Waals surface area contributed by atoms with Crippen molar-refractivity contribution in [1.82, 2.24) is 5.32 Å². The summed E-state index contributed by atoms with van der Waals surface area (Å²) in [5.74, 6) is -8.18. The highest BCUT2D eigenvalue weighted by atomic mass is 19.4. The van der Waals surface area contributed by atoms with Crippen LogP contribution in [0.1, 0.15) is 11.1 Å². The first kappa shape index (κ1) is 24.8. The molecular formula is C18H11F9N2O3. The highest BCUT2D eigenvalue weighted by molar-refractivity contribution is 5.94. The first-order chi connectivity index (χ1) is 14.7. The van der Waals surface area contributed by atoms with Crippen LogP contribution in [0.25, 0.3) is 0 Å². The fourth-order valence-corrected chi connectivity index (χ4v) is 2.21. The van der Waals surface area contributed by atoms with Gasteiger partial charge in [0.2, 0.25) is 5.91 Å². The minimum Gasteiger partial charge on any atom is -0.484 e. The van der Waals surface area contributed by atoms with E-state index < -0.39 is 77.3 Å². The zero-order valence-electron chi connectivity index (χ0n) is 15.4. The summed E-state index contributed by atoms with van der Waals surface area (Å²) in [6.07, 6.45) is -10.2. The van der Waals surface area contributed by atoms with Crippen LogP contribution in [0.3, 0.4) is 0 Å². The molecule has 0 aliphatic rings. The molecule has 0 radical (unpaired) electrons. The van der Waals surface area contributed by atoms with E-state index in [9.17, 15) is 49.1 Å². The van der Waals surface area contributed by atoms with Crippen molar-refractivity contribution in [3.8, 4) is 5.75 Å². The zero-order valence-corrected chi connectivity index (χ0v) is 15.4. The Bertz CT molecular complexity index is 988. The van der Waals surface area contributed by atoms with E-state index in [2.05, 4.69) is 4.74 Å². The van der Waals surface area contributed by atoms with Crippen LogP contribution in [0.5, 0.6) is 5.75 Å². The Morgan fingerprint density at radius 1 is 0.812 bits per heavy atom. The van der Waals surface area contributed by atoms with Crippen LogP contribution in [-0.4, -0.2) is 25.0 Å².